The van der Waals surface area contributed by atoms with Crippen LogP contribution in [0.4, 0.5) is 0 Å². The van der Waals surface area contributed by atoms with Gasteiger partial charge in [0.25, 0.3) is 0 Å². The van der Waals surface area contributed by atoms with Crippen molar-refractivity contribution in [3.8, 4) is 0 Å². The lowest BCUT2D eigenvalue weighted by molar-refractivity contribution is 0.487. The van der Waals surface area contributed by atoms with Gasteiger partial charge < -0.3 is 4.57 Å². The zero-order chi connectivity index (χ0) is 7.28. The van der Waals surface area contributed by atoms with Gasteiger partial charge in [0, 0.05) is 0 Å². The largest absolute Gasteiger partial charge is 0.323 e. The van der Waals surface area contributed by atoms with Gasteiger partial charge in [-0.15, -0.1) is 6.58 Å². The fourth-order valence-electron chi connectivity index (χ4n) is 0.949. The standard InChI is InChI=1S/C7H17NSi/c1-5-8(6-2)9(4)7-3/h7,9H,3,5-6H2,1-2,4H3. The average Bonchev–Trinajstić information content (AvgIpc) is 1.90. The fraction of sp³-hybridized carbons (Fsp3) is 0.714. The Labute approximate surface area is 60.1 Å². The summed E-state index contributed by atoms with van der Waals surface area (Å²) in [5.74, 6) is 0. The predicted molar refractivity (Wildman–Crippen MR) is 46.1 cm³/mol. The van der Waals surface area contributed by atoms with Crippen LogP contribution >= 0.6 is 0 Å². The maximum absolute atomic E-state index is 3.80. The van der Waals surface area contributed by atoms with Gasteiger partial charge in [0.2, 0.25) is 0 Å². The van der Waals surface area contributed by atoms with E-state index in [0.29, 0.717) is 0 Å². The van der Waals surface area contributed by atoms with Crippen LogP contribution in [0, 0.1) is 0 Å². The minimum Gasteiger partial charge on any atom is -0.323 e. The number of rotatable bonds is 4. The van der Waals surface area contributed by atoms with E-state index in [4.69, 9.17) is 0 Å². The molecule has 0 aromatic carbocycles. The molecule has 0 aliphatic heterocycles. The third-order valence-electron chi connectivity index (χ3n) is 1.73. The van der Waals surface area contributed by atoms with Gasteiger partial charge in [0.05, 0.1) is 0 Å². The highest BCUT2D eigenvalue weighted by molar-refractivity contribution is 6.59. The molecule has 9 heavy (non-hydrogen) atoms. The summed E-state index contributed by atoms with van der Waals surface area (Å²) in [5, 5.41) is 0. The molecule has 0 bridgehead atoms. The average molecular weight is 143 g/mol. The molecule has 0 saturated heterocycles. The molecular formula is C7H17NSi. The molecule has 54 valence electrons. The first-order valence-electron chi connectivity index (χ1n) is 3.62. The van der Waals surface area contributed by atoms with E-state index in [1.165, 1.54) is 13.1 Å². The van der Waals surface area contributed by atoms with Crippen molar-refractivity contribution in [1.29, 1.82) is 0 Å². The third kappa shape index (κ3) is 2.82. The van der Waals surface area contributed by atoms with E-state index in [1.54, 1.807) is 0 Å². The minimum absolute atomic E-state index is 0.699. The molecule has 1 nitrogen and oxygen atoms in total. The quantitative estimate of drug-likeness (QED) is 0.538. The SMILES string of the molecule is C=C[SiH](C)N(CC)CC. The first kappa shape index (κ1) is 8.92. The molecule has 2 heteroatoms. The Bertz CT molecular complexity index is 79.0. The Morgan fingerprint density at radius 2 is 1.89 bits per heavy atom. The maximum Gasteiger partial charge on any atom is 0.132 e. The first-order chi connectivity index (χ1) is 4.26. The second kappa shape index (κ2) is 4.76. The van der Waals surface area contributed by atoms with E-state index in [9.17, 15) is 0 Å². The molecule has 1 atom stereocenters. The van der Waals surface area contributed by atoms with Gasteiger partial charge in [0.15, 0.2) is 0 Å². The van der Waals surface area contributed by atoms with E-state index in [1.807, 2.05) is 0 Å². The molecule has 0 saturated carbocycles. The second-order valence-corrected chi connectivity index (χ2v) is 4.88. The summed E-state index contributed by atoms with van der Waals surface area (Å²) in [6, 6.07) is 0. The summed E-state index contributed by atoms with van der Waals surface area (Å²) < 4.78 is 2.49. The summed E-state index contributed by atoms with van der Waals surface area (Å²) in [6.45, 7) is 12.9. The van der Waals surface area contributed by atoms with E-state index < -0.39 is 8.96 Å². The fourth-order valence-corrected chi connectivity index (χ4v) is 2.40. The van der Waals surface area contributed by atoms with Gasteiger partial charge >= 0.3 is 0 Å². The van der Waals surface area contributed by atoms with Gasteiger partial charge in [-0.3, -0.25) is 0 Å². The highest BCUT2D eigenvalue weighted by atomic mass is 28.3. The van der Waals surface area contributed by atoms with Crippen LogP contribution in [-0.2, 0) is 0 Å². The van der Waals surface area contributed by atoms with Crippen molar-refractivity contribution >= 4 is 8.96 Å². The molecule has 0 aliphatic rings. The van der Waals surface area contributed by atoms with Gasteiger partial charge in [-0.25, -0.2) is 0 Å². The topological polar surface area (TPSA) is 3.24 Å². The lowest BCUT2D eigenvalue weighted by Gasteiger charge is -2.21. The molecule has 0 heterocycles. The molecule has 0 fully saturated rings. The Kier molecular flexibility index (Phi) is 4.72. The predicted octanol–water partition coefficient (Wildman–Crippen LogP) is 1.41. The van der Waals surface area contributed by atoms with Gasteiger partial charge in [-0.05, 0) is 13.1 Å². The molecule has 0 rings (SSSR count). The summed E-state index contributed by atoms with van der Waals surface area (Å²) >= 11 is 0. The molecular weight excluding hydrogens is 126 g/mol. The van der Waals surface area contributed by atoms with Crippen molar-refractivity contribution in [2.24, 2.45) is 0 Å². The van der Waals surface area contributed by atoms with E-state index in [0.717, 1.165) is 0 Å². The van der Waals surface area contributed by atoms with Crippen LogP contribution in [0.2, 0.25) is 6.55 Å². The summed E-state index contributed by atoms with van der Waals surface area (Å²) in [4.78, 5) is 0. The summed E-state index contributed by atoms with van der Waals surface area (Å²) in [6.07, 6.45) is 0. The van der Waals surface area contributed by atoms with Crippen LogP contribution in [0.3, 0.4) is 0 Å². The number of hydrogen-bond acceptors (Lipinski definition) is 1. The zero-order valence-corrected chi connectivity index (χ0v) is 7.88. The molecule has 0 N–H and O–H groups in total. The smallest absolute Gasteiger partial charge is 0.132 e. The lowest BCUT2D eigenvalue weighted by atomic mass is 10.7. The lowest BCUT2D eigenvalue weighted by Crippen LogP contribution is -2.34. The van der Waals surface area contributed by atoms with Crippen LogP contribution in [0.1, 0.15) is 13.8 Å². The highest BCUT2D eigenvalue weighted by Crippen LogP contribution is 1.93. The van der Waals surface area contributed by atoms with E-state index in [-0.39, 0.29) is 0 Å². The van der Waals surface area contributed by atoms with Gasteiger partial charge in [0.1, 0.15) is 8.96 Å². The summed E-state index contributed by atoms with van der Waals surface area (Å²) in [7, 11) is -0.699. The maximum atomic E-state index is 3.80. The van der Waals surface area contributed by atoms with E-state index >= 15 is 0 Å². The Morgan fingerprint density at radius 3 is 2.00 bits per heavy atom. The van der Waals surface area contributed by atoms with Crippen molar-refractivity contribution < 1.29 is 0 Å². The van der Waals surface area contributed by atoms with E-state index in [2.05, 4.69) is 37.2 Å². The van der Waals surface area contributed by atoms with Crippen molar-refractivity contribution in [3.05, 3.63) is 12.3 Å². The van der Waals surface area contributed by atoms with Crippen molar-refractivity contribution in [2.75, 3.05) is 13.1 Å². The molecule has 0 aromatic heterocycles. The van der Waals surface area contributed by atoms with Gasteiger partial charge in [-0.2, -0.15) is 0 Å². The van der Waals surface area contributed by atoms with Crippen LogP contribution in [0.5, 0.6) is 0 Å². The van der Waals surface area contributed by atoms with Crippen LogP contribution < -0.4 is 0 Å². The molecule has 1 unspecified atom stereocenters. The summed E-state index contributed by atoms with van der Waals surface area (Å²) in [5.41, 5.74) is 2.12. The van der Waals surface area contributed by atoms with Crippen molar-refractivity contribution in [3.63, 3.8) is 0 Å². The zero-order valence-electron chi connectivity index (χ0n) is 6.72. The number of nitrogens with zero attached hydrogens (tertiary/aromatic N) is 1. The Balaban J connectivity index is 3.63. The van der Waals surface area contributed by atoms with Gasteiger partial charge in [-0.1, -0.05) is 26.1 Å². The monoisotopic (exact) mass is 143 g/mol. The second-order valence-electron chi connectivity index (χ2n) is 2.20. The Morgan fingerprint density at radius 1 is 1.44 bits per heavy atom. The first-order valence-corrected chi connectivity index (χ1v) is 5.96. The molecule has 0 amide bonds. The third-order valence-corrected chi connectivity index (χ3v) is 4.29. The van der Waals surface area contributed by atoms with Crippen molar-refractivity contribution in [1.82, 2.24) is 4.57 Å². The molecule has 0 aliphatic carbocycles. The van der Waals surface area contributed by atoms with Crippen molar-refractivity contribution in [2.45, 2.75) is 20.4 Å². The molecule has 0 spiro atoms. The molecule has 0 aromatic rings. The minimum atomic E-state index is -0.699. The Hall–Kier alpha value is -0.0831. The highest BCUT2D eigenvalue weighted by Gasteiger charge is 2.05. The number of hydrogen-bond donors (Lipinski definition) is 0. The molecule has 0 radical (unpaired) electrons. The normalized spacial score (nSPS) is 13.8. The van der Waals surface area contributed by atoms with Crippen LogP contribution in [0.15, 0.2) is 12.3 Å². The van der Waals surface area contributed by atoms with Crippen LogP contribution in [0.25, 0.3) is 0 Å². The van der Waals surface area contributed by atoms with Crippen LogP contribution in [-0.4, -0.2) is 26.6 Å².